The van der Waals surface area contributed by atoms with Gasteiger partial charge in [0.25, 0.3) is 5.91 Å². The zero-order chi connectivity index (χ0) is 21.0. The zero-order valence-electron chi connectivity index (χ0n) is 16.4. The van der Waals surface area contributed by atoms with Gasteiger partial charge >= 0.3 is 6.09 Å². The molecule has 3 N–H and O–H groups in total. The van der Waals surface area contributed by atoms with Gasteiger partial charge in [-0.1, -0.05) is 0 Å². The predicted molar refractivity (Wildman–Crippen MR) is 103 cm³/mol. The second-order valence-electron chi connectivity index (χ2n) is 7.45. The molecule has 2 saturated heterocycles. The number of pyridine rings is 1. The molecule has 10 nitrogen and oxygen atoms in total. The number of carbonyl (C=O) groups excluding carboxylic acids is 4. The molecule has 3 rings (SSSR count). The highest BCUT2D eigenvalue weighted by Crippen LogP contribution is 2.23. The van der Waals surface area contributed by atoms with Crippen LogP contribution in [-0.4, -0.2) is 65.5 Å². The van der Waals surface area contributed by atoms with Crippen LogP contribution in [-0.2, 0) is 19.1 Å². The van der Waals surface area contributed by atoms with Gasteiger partial charge in [0.15, 0.2) is 6.61 Å². The summed E-state index contributed by atoms with van der Waals surface area (Å²) in [6.45, 7) is 4.61. The Hall–Kier alpha value is -3.01. The van der Waals surface area contributed by atoms with Crippen LogP contribution in [0.25, 0.3) is 0 Å². The van der Waals surface area contributed by atoms with Gasteiger partial charge in [0.1, 0.15) is 0 Å². The third kappa shape index (κ3) is 5.50. The summed E-state index contributed by atoms with van der Waals surface area (Å²) in [6.07, 6.45) is 1.58. The molecule has 3 atom stereocenters. The van der Waals surface area contributed by atoms with Crippen LogP contribution in [0.4, 0.5) is 10.5 Å². The lowest BCUT2D eigenvalue weighted by molar-refractivity contribution is -0.134. The molecule has 29 heavy (non-hydrogen) atoms. The van der Waals surface area contributed by atoms with Crippen molar-refractivity contribution >= 4 is 29.5 Å². The van der Waals surface area contributed by atoms with E-state index >= 15 is 0 Å². The molecule has 2 aliphatic rings. The maximum atomic E-state index is 12.1. The number of imide groups is 1. The Labute approximate surface area is 168 Å². The third-order valence-electron chi connectivity index (χ3n) is 4.81. The normalized spacial score (nSPS) is 24.6. The Bertz CT molecular complexity index is 787. The van der Waals surface area contributed by atoms with Gasteiger partial charge in [0.05, 0.1) is 23.5 Å². The number of carbonyl (C=O) groups is 4. The van der Waals surface area contributed by atoms with E-state index in [0.29, 0.717) is 30.9 Å². The summed E-state index contributed by atoms with van der Waals surface area (Å²) in [5.74, 6) is -1.62. The molecule has 0 aliphatic carbocycles. The van der Waals surface area contributed by atoms with E-state index in [4.69, 9.17) is 4.74 Å². The summed E-state index contributed by atoms with van der Waals surface area (Å²) in [5.41, 5.74) is 0.952. The second-order valence-corrected chi connectivity index (χ2v) is 7.45. The van der Waals surface area contributed by atoms with Crippen molar-refractivity contribution in [2.45, 2.75) is 44.7 Å². The number of piperidine rings is 1. The van der Waals surface area contributed by atoms with E-state index in [1.807, 2.05) is 13.8 Å². The van der Waals surface area contributed by atoms with Gasteiger partial charge in [-0.3, -0.25) is 24.7 Å². The molecule has 0 radical (unpaired) electrons. The number of anilines is 1. The lowest BCUT2D eigenvalue weighted by Crippen LogP contribution is -2.56. The molecular weight excluding hydrogens is 378 g/mol. The van der Waals surface area contributed by atoms with Gasteiger partial charge in [-0.2, -0.15) is 0 Å². The molecule has 4 amide bonds. The molecule has 1 aromatic heterocycles. The molecular formula is C19H25N5O5. The fourth-order valence-electron chi connectivity index (χ4n) is 3.55. The van der Waals surface area contributed by atoms with E-state index in [2.05, 4.69) is 20.9 Å². The smallest absolute Gasteiger partial charge is 0.410 e. The van der Waals surface area contributed by atoms with Gasteiger partial charge in [0.2, 0.25) is 11.8 Å². The van der Waals surface area contributed by atoms with Gasteiger partial charge in [0, 0.05) is 31.6 Å². The fourth-order valence-corrected chi connectivity index (χ4v) is 3.55. The number of ether oxygens (including phenoxy) is 1. The Balaban J connectivity index is 1.47. The van der Waals surface area contributed by atoms with Crippen LogP contribution in [0.2, 0.25) is 0 Å². The van der Waals surface area contributed by atoms with E-state index in [-0.39, 0.29) is 30.3 Å². The largest absolute Gasteiger partial charge is 0.439 e. The Kier molecular flexibility index (Phi) is 6.42. The predicted octanol–water partition coefficient (Wildman–Crippen LogP) is 0.359. The summed E-state index contributed by atoms with van der Waals surface area (Å²) >= 11 is 0. The van der Waals surface area contributed by atoms with Crippen LogP contribution in [0, 0.1) is 0 Å². The highest BCUT2D eigenvalue weighted by atomic mass is 16.6. The minimum atomic E-state index is -0.522. The standard InChI is InChI=1S/C19H25N5O5/c1-11-8-24(9-12(2)21-11)19(28)29-10-17(26)22-13-3-5-15(20-7-13)14-4-6-16(25)23-18(14)27/h3,5,7,11-12,14,21H,4,6,8-10H2,1-2H3,(H,22,26)(H,23,25,27). The minimum Gasteiger partial charge on any atom is -0.439 e. The molecule has 0 spiro atoms. The molecule has 10 heteroatoms. The number of rotatable bonds is 4. The minimum absolute atomic E-state index is 0.161. The summed E-state index contributed by atoms with van der Waals surface area (Å²) in [4.78, 5) is 53.1. The molecule has 2 fully saturated rings. The molecule has 0 saturated carbocycles. The number of hydrogen-bond donors (Lipinski definition) is 3. The van der Waals surface area contributed by atoms with Crippen molar-refractivity contribution in [2.24, 2.45) is 0 Å². The van der Waals surface area contributed by atoms with Gasteiger partial charge in [-0.05, 0) is 32.4 Å². The summed E-state index contributed by atoms with van der Waals surface area (Å²) < 4.78 is 5.10. The Morgan fingerprint density at radius 1 is 1.24 bits per heavy atom. The highest BCUT2D eigenvalue weighted by Gasteiger charge is 2.29. The van der Waals surface area contributed by atoms with Crippen molar-refractivity contribution in [2.75, 3.05) is 25.0 Å². The Morgan fingerprint density at radius 3 is 2.59 bits per heavy atom. The van der Waals surface area contributed by atoms with Crippen LogP contribution >= 0.6 is 0 Å². The summed E-state index contributed by atoms with van der Waals surface area (Å²) in [6, 6.07) is 3.57. The Morgan fingerprint density at radius 2 is 1.97 bits per heavy atom. The quantitative estimate of drug-likeness (QED) is 0.619. The average molecular weight is 403 g/mol. The topological polar surface area (TPSA) is 130 Å². The molecule has 2 aliphatic heterocycles. The SMILES string of the molecule is CC1CN(C(=O)OCC(=O)Nc2ccc(C3CCC(=O)NC3=O)nc2)CC(C)N1. The maximum absolute atomic E-state index is 12.1. The van der Waals surface area contributed by atoms with E-state index in [1.54, 1.807) is 17.0 Å². The molecule has 0 aromatic carbocycles. The first-order chi connectivity index (χ1) is 13.8. The number of piperazine rings is 1. The summed E-state index contributed by atoms with van der Waals surface area (Å²) in [7, 11) is 0. The van der Waals surface area contributed by atoms with Crippen LogP contribution in [0.1, 0.15) is 38.3 Å². The van der Waals surface area contributed by atoms with E-state index in [1.165, 1.54) is 6.20 Å². The monoisotopic (exact) mass is 403 g/mol. The number of hydrogen-bond acceptors (Lipinski definition) is 7. The van der Waals surface area contributed by atoms with E-state index in [9.17, 15) is 19.2 Å². The lowest BCUT2D eigenvalue weighted by atomic mass is 9.94. The van der Waals surface area contributed by atoms with Crippen LogP contribution in [0.3, 0.4) is 0 Å². The van der Waals surface area contributed by atoms with Crippen molar-refractivity contribution in [3.8, 4) is 0 Å². The molecule has 156 valence electrons. The molecule has 3 unspecified atom stereocenters. The van der Waals surface area contributed by atoms with Crippen LogP contribution in [0.5, 0.6) is 0 Å². The number of nitrogens with one attached hydrogen (secondary N) is 3. The van der Waals surface area contributed by atoms with Gasteiger partial charge in [-0.25, -0.2) is 4.79 Å². The fraction of sp³-hybridized carbons (Fsp3) is 0.526. The zero-order valence-corrected chi connectivity index (χ0v) is 16.4. The number of aromatic nitrogens is 1. The van der Waals surface area contributed by atoms with Crippen molar-refractivity contribution < 1.29 is 23.9 Å². The van der Waals surface area contributed by atoms with Crippen molar-refractivity contribution in [1.29, 1.82) is 0 Å². The summed E-state index contributed by atoms with van der Waals surface area (Å²) in [5, 5.41) is 8.21. The van der Waals surface area contributed by atoms with Crippen molar-refractivity contribution in [3.63, 3.8) is 0 Å². The molecule has 3 heterocycles. The number of amides is 4. The average Bonchev–Trinajstić information content (AvgIpc) is 2.66. The first kappa shape index (κ1) is 20.7. The third-order valence-corrected chi connectivity index (χ3v) is 4.81. The highest BCUT2D eigenvalue weighted by molar-refractivity contribution is 6.00. The van der Waals surface area contributed by atoms with E-state index in [0.717, 1.165) is 0 Å². The van der Waals surface area contributed by atoms with Crippen molar-refractivity contribution in [1.82, 2.24) is 20.5 Å². The molecule has 1 aromatic rings. The van der Waals surface area contributed by atoms with Gasteiger partial charge < -0.3 is 20.3 Å². The molecule has 0 bridgehead atoms. The van der Waals surface area contributed by atoms with Crippen LogP contribution in [0.15, 0.2) is 18.3 Å². The first-order valence-electron chi connectivity index (χ1n) is 9.59. The second kappa shape index (κ2) is 8.99. The van der Waals surface area contributed by atoms with Crippen molar-refractivity contribution in [3.05, 3.63) is 24.0 Å². The van der Waals surface area contributed by atoms with Crippen LogP contribution < -0.4 is 16.0 Å². The lowest BCUT2D eigenvalue weighted by Gasteiger charge is -2.35. The maximum Gasteiger partial charge on any atom is 0.410 e. The van der Waals surface area contributed by atoms with E-state index < -0.39 is 24.5 Å². The first-order valence-corrected chi connectivity index (χ1v) is 9.59. The van der Waals surface area contributed by atoms with Gasteiger partial charge in [-0.15, -0.1) is 0 Å². The number of nitrogens with zero attached hydrogens (tertiary/aromatic N) is 2.